The van der Waals surface area contributed by atoms with Gasteiger partial charge in [0.15, 0.2) is 5.75 Å². The van der Waals surface area contributed by atoms with Gasteiger partial charge in [-0.25, -0.2) is 13.1 Å². The number of methoxy groups -OCH3 is 1. The molecule has 0 aromatic rings. The molecule has 0 saturated carbocycles. The standard InChI is InChI=1S/C7H15NO4S/c1-3-4-5-8-13(10,11)6-7(9)12-2/h8H,3-6H2,1-2H3. The normalized spacial score (nSPS) is 11.2. The van der Waals surface area contributed by atoms with Crippen molar-refractivity contribution in [2.45, 2.75) is 19.8 Å². The van der Waals surface area contributed by atoms with Crippen LogP contribution >= 0.6 is 0 Å². The van der Waals surface area contributed by atoms with Gasteiger partial charge in [0.1, 0.15) is 0 Å². The Morgan fingerprint density at radius 3 is 2.54 bits per heavy atom. The van der Waals surface area contributed by atoms with Crippen LogP contribution in [0.2, 0.25) is 0 Å². The van der Waals surface area contributed by atoms with Crippen LogP contribution in [0.15, 0.2) is 0 Å². The zero-order valence-electron chi connectivity index (χ0n) is 7.87. The lowest BCUT2D eigenvalue weighted by Crippen LogP contribution is -2.31. The van der Waals surface area contributed by atoms with Gasteiger partial charge in [0.25, 0.3) is 0 Å². The van der Waals surface area contributed by atoms with Crippen molar-refractivity contribution in [2.75, 3.05) is 19.4 Å². The molecule has 1 N–H and O–H groups in total. The molecule has 0 unspecified atom stereocenters. The number of carbonyl (C=O) groups excluding carboxylic acids is 1. The highest BCUT2D eigenvalue weighted by molar-refractivity contribution is 7.90. The van der Waals surface area contributed by atoms with Gasteiger partial charge in [0.2, 0.25) is 10.0 Å². The first-order valence-electron chi connectivity index (χ1n) is 4.06. The molecule has 0 aromatic carbocycles. The molecule has 0 aliphatic carbocycles. The van der Waals surface area contributed by atoms with Crippen molar-refractivity contribution in [3.63, 3.8) is 0 Å². The summed E-state index contributed by atoms with van der Waals surface area (Å²) in [7, 11) is -2.33. The topological polar surface area (TPSA) is 72.5 Å². The number of sulfonamides is 1. The predicted octanol–water partition coefficient (Wildman–Crippen LogP) is -0.121. The molecule has 0 aromatic heterocycles. The molecule has 0 fully saturated rings. The van der Waals surface area contributed by atoms with E-state index in [9.17, 15) is 13.2 Å². The molecule has 13 heavy (non-hydrogen) atoms. The Balaban J connectivity index is 3.88. The quantitative estimate of drug-likeness (QED) is 0.489. The largest absolute Gasteiger partial charge is 0.468 e. The number of esters is 1. The molecule has 0 heterocycles. The van der Waals surface area contributed by atoms with E-state index >= 15 is 0 Å². The Kier molecular flexibility index (Phi) is 5.65. The summed E-state index contributed by atoms with van der Waals surface area (Å²) in [6, 6.07) is 0. The molecule has 0 aliphatic heterocycles. The molecule has 0 amide bonds. The molecule has 0 atom stereocenters. The molecule has 78 valence electrons. The zero-order chi connectivity index (χ0) is 10.3. The minimum absolute atomic E-state index is 0.371. The van der Waals surface area contributed by atoms with Crippen molar-refractivity contribution in [1.29, 1.82) is 0 Å². The second-order valence-corrected chi connectivity index (χ2v) is 4.39. The predicted molar refractivity (Wildman–Crippen MR) is 48.7 cm³/mol. The molecular weight excluding hydrogens is 194 g/mol. The van der Waals surface area contributed by atoms with E-state index in [-0.39, 0.29) is 0 Å². The number of rotatable bonds is 6. The van der Waals surface area contributed by atoms with Crippen molar-refractivity contribution < 1.29 is 17.9 Å². The van der Waals surface area contributed by atoms with E-state index in [4.69, 9.17) is 0 Å². The van der Waals surface area contributed by atoms with Crippen molar-refractivity contribution >= 4 is 16.0 Å². The zero-order valence-corrected chi connectivity index (χ0v) is 8.69. The number of ether oxygens (including phenoxy) is 1. The van der Waals surface area contributed by atoms with E-state index in [0.29, 0.717) is 6.54 Å². The minimum atomic E-state index is -3.49. The minimum Gasteiger partial charge on any atom is -0.468 e. The van der Waals surface area contributed by atoms with Gasteiger partial charge >= 0.3 is 5.97 Å². The Hall–Kier alpha value is -0.620. The van der Waals surface area contributed by atoms with E-state index in [1.54, 1.807) is 0 Å². The van der Waals surface area contributed by atoms with Crippen LogP contribution in [0.3, 0.4) is 0 Å². The molecule has 0 aliphatic rings. The van der Waals surface area contributed by atoms with Crippen LogP contribution in [-0.4, -0.2) is 33.8 Å². The van der Waals surface area contributed by atoms with Gasteiger partial charge < -0.3 is 4.74 Å². The Bertz CT molecular complexity index is 247. The highest BCUT2D eigenvalue weighted by atomic mass is 32.2. The fourth-order valence-electron chi connectivity index (χ4n) is 0.670. The van der Waals surface area contributed by atoms with Gasteiger partial charge in [-0.1, -0.05) is 13.3 Å². The van der Waals surface area contributed by atoms with Crippen LogP contribution in [0.1, 0.15) is 19.8 Å². The third kappa shape index (κ3) is 6.53. The van der Waals surface area contributed by atoms with Crippen molar-refractivity contribution in [3.05, 3.63) is 0 Å². The monoisotopic (exact) mass is 209 g/mol. The Morgan fingerprint density at radius 2 is 2.08 bits per heavy atom. The summed E-state index contributed by atoms with van der Waals surface area (Å²) in [6.45, 7) is 2.32. The number of unbranched alkanes of at least 4 members (excludes halogenated alkanes) is 1. The van der Waals surface area contributed by atoms with E-state index < -0.39 is 21.7 Å². The lowest BCUT2D eigenvalue weighted by atomic mass is 10.3. The van der Waals surface area contributed by atoms with Crippen molar-refractivity contribution in [1.82, 2.24) is 4.72 Å². The van der Waals surface area contributed by atoms with Crippen LogP contribution in [0.4, 0.5) is 0 Å². The summed E-state index contributed by atoms with van der Waals surface area (Å²) < 4.78 is 28.7. The first-order valence-corrected chi connectivity index (χ1v) is 5.71. The summed E-state index contributed by atoms with van der Waals surface area (Å²) >= 11 is 0. The van der Waals surface area contributed by atoms with Crippen LogP contribution in [-0.2, 0) is 19.6 Å². The van der Waals surface area contributed by atoms with Crippen molar-refractivity contribution in [2.24, 2.45) is 0 Å². The molecule has 0 rings (SSSR count). The van der Waals surface area contributed by atoms with Crippen LogP contribution < -0.4 is 4.72 Å². The third-order valence-electron chi connectivity index (χ3n) is 1.39. The maximum Gasteiger partial charge on any atom is 0.322 e. The van der Waals surface area contributed by atoms with E-state index in [1.807, 2.05) is 6.92 Å². The first-order chi connectivity index (χ1) is 6.02. The molecule has 0 spiro atoms. The molecule has 0 radical (unpaired) electrons. The van der Waals surface area contributed by atoms with Crippen LogP contribution in [0, 0.1) is 0 Å². The average molecular weight is 209 g/mol. The Morgan fingerprint density at radius 1 is 1.46 bits per heavy atom. The summed E-state index contributed by atoms with van der Waals surface area (Å²) in [5.41, 5.74) is 0. The maximum absolute atomic E-state index is 11.1. The lowest BCUT2D eigenvalue weighted by Gasteiger charge is -2.03. The van der Waals surface area contributed by atoms with Gasteiger partial charge in [-0.3, -0.25) is 4.79 Å². The highest BCUT2D eigenvalue weighted by Gasteiger charge is 2.15. The molecule has 6 heteroatoms. The molecule has 5 nitrogen and oxygen atoms in total. The number of carbonyl (C=O) groups is 1. The second-order valence-electron chi connectivity index (χ2n) is 2.58. The van der Waals surface area contributed by atoms with E-state index in [2.05, 4.69) is 9.46 Å². The van der Waals surface area contributed by atoms with Gasteiger partial charge in [-0.2, -0.15) is 0 Å². The molecular formula is C7H15NO4S. The van der Waals surface area contributed by atoms with Crippen LogP contribution in [0.5, 0.6) is 0 Å². The van der Waals surface area contributed by atoms with E-state index in [1.165, 1.54) is 0 Å². The van der Waals surface area contributed by atoms with Gasteiger partial charge in [-0.05, 0) is 6.42 Å². The third-order valence-corrected chi connectivity index (χ3v) is 2.65. The number of hydrogen-bond acceptors (Lipinski definition) is 4. The fourth-order valence-corrected chi connectivity index (χ4v) is 1.66. The Labute approximate surface area is 78.5 Å². The highest BCUT2D eigenvalue weighted by Crippen LogP contribution is 1.89. The summed E-state index contributed by atoms with van der Waals surface area (Å²) in [4.78, 5) is 10.6. The molecule has 0 bridgehead atoms. The fraction of sp³-hybridized carbons (Fsp3) is 0.857. The smallest absolute Gasteiger partial charge is 0.322 e. The van der Waals surface area contributed by atoms with Gasteiger partial charge in [0, 0.05) is 6.54 Å². The number of hydrogen-bond donors (Lipinski definition) is 1. The second kappa shape index (κ2) is 5.93. The van der Waals surface area contributed by atoms with E-state index in [0.717, 1.165) is 20.0 Å². The average Bonchev–Trinajstić information content (AvgIpc) is 2.03. The SMILES string of the molecule is CCCCNS(=O)(=O)CC(=O)OC. The van der Waals surface area contributed by atoms with Crippen molar-refractivity contribution in [3.8, 4) is 0 Å². The summed E-state index contributed by atoms with van der Waals surface area (Å²) in [5.74, 6) is -1.35. The summed E-state index contributed by atoms with van der Waals surface area (Å²) in [6.07, 6.45) is 1.67. The maximum atomic E-state index is 11.1. The van der Waals surface area contributed by atoms with Gasteiger partial charge in [0.05, 0.1) is 7.11 Å². The van der Waals surface area contributed by atoms with Crippen LogP contribution in [0.25, 0.3) is 0 Å². The first kappa shape index (κ1) is 12.4. The number of nitrogens with one attached hydrogen (secondary N) is 1. The summed E-state index contributed by atoms with van der Waals surface area (Å²) in [5, 5.41) is 0. The van der Waals surface area contributed by atoms with Gasteiger partial charge in [-0.15, -0.1) is 0 Å². The molecule has 0 saturated heterocycles. The lowest BCUT2D eigenvalue weighted by molar-refractivity contribution is -0.137.